The van der Waals surface area contributed by atoms with E-state index in [1.54, 1.807) is 7.11 Å². The lowest BCUT2D eigenvalue weighted by molar-refractivity contribution is -0.133. The van der Waals surface area contributed by atoms with Gasteiger partial charge in [-0.25, -0.2) is 0 Å². The maximum atomic E-state index is 10.3. The van der Waals surface area contributed by atoms with Crippen LogP contribution in [0, 0.1) is 5.92 Å². The van der Waals surface area contributed by atoms with Crippen LogP contribution in [0.1, 0.15) is 31.7 Å². The van der Waals surface area contributed by atoms with Gasteiger partial charge in [-0.1, -0.05) is 19.0 Å². The fraction of sp³-hybridized carbons (Fsp3) is 0.700. The molecule has 1 N–H and O–H groups in total. The molecule has 17 heavy (non-hydrogen) atoms. The minimum absolute atomic E-state index is 0.0234. The standard InChI is InChI=1S/C10H16N2O4S/c1-6(2)9(15-3)10-11-7(16-12-10)4-17-5-8(13)14/h6,9H,4-5H2,1-3H3,(H,13,14). The molecule has 1 atom stereocenters. The summed E-state index contributed by atoms with van der Waals surface area (Å²) >= 11 is 1.22. The predicted octanol–water partition coefficient (Wildman–Crippen LogP) is 1.73. The summed E-state index contributed by atoms with van der Waals surface area (Å²) in [4.78, 5) is 14.5. The van der Waals surface area contributed by atoms with E-state index in [1.807, 2.05) is 13.8 Å². The summed E-state index contributed by atoms with van der Waals surface area (Å²) in [5, 5.41) is 12.3. The third kappa shape index (κ3) is 4.35. The van der Waals surface area contributed by atoms with Gasteiger partial charge in [0.15, 0.2) is 0 Å². The number of rotatable bonds is 7. The zero-order valence-corrected chi connectivity index (χ0v) is 10.9. The molecule has 6 nitrogen and oxygen atoms in total. The summed E-state index contributed by atoms with van der Waals surface area (Å²) in [6.45, 7) is 4.01. The second kappa shape index (κ2) is 6.61. The Labute approximate surface area is 104 Å². The molecule has 0 aliphatic carbocycles. The zero-order chi connectivity index (χ0) is 12.8. The molecular formula is C10H16N2O4S. The first-order valence-corrected chi connectivity index (χ1v) is 6.35. The summed E-state index contributed by atoms with van der Waals surface area (Å²) in [6, 6.07) is 0. The molecule has 0 aromatic carbocycles. The SMILES string of the molecule is COC(c1noc(CSCC(=O)O)n1)C(C)C. The summed E-state index contributed by atoms with van der Waals surface area (Å²) < 4.78 is 10.3. The predicted molar refractivity (Wildman–Crippen MR) is 62.7 cm³/mol. The molecule has 1 aromatic heterocycles. The number of carboxylic acids is 1. The van der Waals surface area contributed by atoms with Crippen LogP contribution >= 0.6 is 11.8 Å². The van der Waals surface area contributed by atoms with Crippen LogP contribution in [0.15, 0.2) is 4.52 Å². The number of hydrogen-bond donors (Lipinski definition) is 1. The maximum absolute atomic E-state index is 10.3. The Balaban J connectivity index is 2.55. The van der Waals surface area contributed by atoms with Crippen LogP contribution in [0.25, 0.3) is 0 Å². The highest BCUT2D eigenvalue weighted by molar-refractivity contribution is 7.99. The van der Waals surface area contributed by atoms with Crippen molar-refractivity contribution in [2.45, 2.75) is 25.7 Å². The van der Waals surface area contributed by atoms with E-state index in [0.717, 1.165) is 0 Å². The molecule has 1 aromatic rings. The zero-order valence-electron chi connectivity index (χ0n) is 10.0. The average molecular weight is 260 g/mol. The fourth-order valence-electron chi connectivity index (χ4n) is 1.34. The Kier molecular flexibility index (Phi) is 5.43. The van der Waals surface area contributed by atoms with Crippen molar-refractivity contribution in [3.63, 3.8) is 0 Å². The van der Waals surface area contributed by atoms with Gasteiger partial charge >= 0.3 is 5.97 Å². The van der Waals surface area contributed by atoms with Crippen molar-refractivity contribution >= 4 is 17.7 Å². The molecule has 0 spiro atoms. The van der Waals surface area contributed by atoms with E-state index < -0.39 is 5.97 Å². The van der Waals surface area contributed by atoms with E-state index in [2.05, 4.69) is 10.1 Å². The van der Waals surface area contributed by atoms with Crippen molar-refractivity contribution in [1.29, 1.82) is 0 Å². The molecule has 0 saturated carbocycles. The third-order valence-corrected chi connectivity index (χ3v) is 2.95. The first kappa shape index (κ1) is 14.0. The van der Waals surface area contributed by atoms with E-state index in [4.69, 9.17) is 14.4 Å². The molecule has 0 radical (unpaired) electrons. The molecule has 0 aliphatic rings. The lowest BCUT2D eigenvalue weighted by Gasteiger charge is -2.14. The second-order valence-electron chi connectivity index (χ2n) is 3.83. The molecule has 0 saturated heterocycles. The Morgan fingerprint density at radius 2 is 2.29 bits per heavy atom. The minimum Gasteiger partial charge on any atom is -0.481 e. The summed E-state index contributed by atoms with van der Waals surface area (Å²) in [7, 11) is 1.60. The molecule has 1 rings (SSSR count). The van der Waals surface area contributed by atoms with Crippen LogP contribution in [0.2, 0.25) is 0 Å². The van der Waals surface area contributed by atoms with Gasteiger partial charge in [-0.15, -0.1) is 11.8 Å². The Hall–Kier alpha value is -1.08. The van der Waals surface area contributed by atoms with E-state index in [-0.39, 0.29) is 17.8 Å². The number of aromatic nitrogens is 2. The van der Waals surface area contributed by atoms with E-state index in [1.165, 1.54) is 11.8 Å². The second-order valence-corrected chi connectivity index (χ2v) is 4.82. The average Bonchev–Trinajstić information content (AvgIpc) is 2.66. The number of carboxylic acid groups (broad SMARTS) is 1. The smallest absolute Gasteiger partial charge is 0.313 e. The Bertz CT molecular complexity index is 367. The van der Waals surface area contributed by atoms with E-state index >= 15 is 0 Å². The number of thioether (sulfide) groups is 1. The Morgan fingerprint density at radius 3 is 2.82 bits per heavy atom. The van der Waals surface area contributed by atoms with Gasteiger partial charge in [-0.05, 0) is 5.92 Å². The van der Waals surface area contributed by atoms with E-state index in [0.29, 0.717) is 17.5 Å². The lowest BCUT2D eigenvalue weighted by Crippen LogP contribution is -2.10. The van der Waals surface area contributed by atoms with Gasteiger partial charge in [0.1, 0.15) is 6.10 Å². The van der Waals surface area contributed by atoms with Crippen molar-refractivity contribution in [3.8, 4) is 0 Å². The van der Waals surface area contributed by atoms with Gasteiger partial charge in [0.25, 0.3) is 0 Å². The summed E-state index contributed by atoms with van der Waals surface area (Å²) in [5.41, 5.74) is 0. The van der Waals surface area contributed by atoms with Crippen LogP contribution in [0.5, 0.6) is 0 Å². The molecule has 1 heterocycles. The van der Waals surface area contributed by atoms with Crippen LogP contribution in [0.3, 0.4) is 0 Å². The number of nitrogens with zero attached hydrogens (tertiary/aromatic N) is 2. The summed E-state index contributed by atoms with van der Waals surface area (Å²) in [5.74, 6) is 0.745. The highest BCUT2D eigenvalue weighted by Gasteiger charge is 2.21. The monoisotopic (exact) mass is 260 g/mol. The van der Waals surface area contributed by atoms with Crippen molar-refractivity contribution in [2.24, 2.45) is 5.92 Å². The Morgan fingerprint density at radius 1 is 1.59 bits per heavy atom. The van der Waals surface area contributed by atoms with E-state index in [9.17, 15) is 4.79 Å². The number of ether oxygens (including phenoxy) is 1. The highest BCUT2D eigenvalue weighted by atomic mass is 32.2. The number of hydrogen-bond acceptors (Lipinski definition) is 6. The van der Waals surface area contributed by atoms with Crippen molar-refractivity contribution in [3.05, 3.63) is 11.7 Å². The molecular weight excluding hydrogens is 244 g/mol. The van der Waals surface area contributed by atoms with Crippen molar-refractivity contribution < 1.29 is 19.2 Å². The van der Waals surface area contributed by atoms with Crippen LogP contribution in [-0.2, 0) is 15.3 Å². The molecule has 0 aliphatic heterocycles. The minimum atomic E-state index is -0.855. The molecule has 0 bridgehead atoms. The molecule has 0 amide bonds. The number of methoxy groups -OCH3 is 1. The highest BCUT2D eigenvalue weighted by Crippen LogP contribution is 2.23. The largest absolute Gasteiger partial charge is 0.481 e. The van der Waals surface area contributed by atoms with Gasteiger partial charge in [0.05, 0.1) is 11.5 Å². The molecule has 0 fully saturated rings. The van der Waals surface area contributed by atoms with Crippen molar-refractivity contribution in [1.82, 2.24) is 10.1 Å². The van der Waals surface area contributed by atoms with Gasteiger partial charge < -0.3 is 14.4 Å². The number of aliphatic carboxylic acids is 1. The van der Waals surface area contributed by atoms with Crippen LogP contribution < -0.4 is 0 Å². The molecule has 7 heteroatoms. The fourth-order valence-corrected chi connectivity index (χ4v) is 1.91. The van der Waals surface area contributed by atoms with Crippen LogP contribution in [-0.4, -0.2) is 34.1 Å². The molecule has 96 valence electrons. The summed E-state index contributed by atoms with van der Waals surface area (Å²) in [6.07, 6.45) is -0.197. The lowest BCUT2D eigenvalue weighted by atomic mass is 10.1. The maximum Gasteiger partial charge on any atom is 0.313 e. The van der Waals surface area contributed by atoms with Gasteiger partial charge in [0.2, 0.25) is 11.7 Å². The third-order valence-electron chi connectivity index (χ3n) is 2.05. The van der Waals surface area contributed by atoms with Crippen LogP contribution in [0.4, 0.5) is 0 Å². The van der Waals surface area contributed by atoms with Gasteiger partial charge in [-0.3, -0.25) is 4.79 Å². The first-order chi connectivity index (χ1) is 8.04. The first-order valence-electron chi connectivity index (χ1n) is 5.19. The van der Waals surface area contributed by atoms with Crippen molar-refractivity contribution in [2.75, 3.05) is 12.9 Å². The van der Waals surface area contributed by atoms with Gasteiger partial charge in [-0.2, -0.15) is 4.98 Å². The number of carbonyl (C=O) groups is 1. The quantitative estimate of drug-likeness (QED) is 0.799. The normalized spacial score (nSPS) is 12.9. The molecule has 1 unspecified atom stereocenters. The topological polar surface area (TPSA) is 85.5 Å². The van der Waals surface area contributed by atoms with Gasteiger partial charge in [0, 0.05) is 7.11 Å².